The summed E-state index contributed by atoms with van der Waals surface area (Å²) >= 11 is 0. The van der Waals surface area contributed by atoms with Crippen LogP contribution >= 0.6 is 0 Å². The van der Waals surface area contributed by atoms with Gasteiger partial charge >= 0.3 is 0 Å². The minimum Gasteiger partial charge on any atom is -0.374 e. The summed E-state index contributed by atoms with van der Waals surface area (Å²) in [6, 6.07) is 1.97. The average molecular weight is 294 g/mol. The van der Waals surface area contributed by atoms with Crippen LogP contribution in [0.1, 0.15) is 59.7 Å². The Morgan fingerprint density at radius 1 is 1.10 bits per heavy atom. The highest BCUT2D eigenvalue weighted by atomic mass is 16.5. The Labute approximate surface area is 128 Å². The second-order valence-corrected chi connectivity index (χ2v) is 5.88. The van der Waals surface area contributed by atoms with Gasteiger partial charge in [0.05, 0.1) is 0 Å². The number of nitrogens with zero attached hydrogens (tertiary/aromatic N) is 2. The lowest BCUT2D eigenvalue weighted by Gasteiger charge is -2.26. The maximum atomic E-state index is 5.43. The predicted molar refractivity (Wildman–Crippen MR) is 88.8 cm³/mol. The van der Waals surface area contributed by atoms with E-state index in [2.05, 4.69) is 48.3 Å². The standard InChI is InChI=1S/C16H30N4O/c1-6-9-16(4,5)20-14-11-13(17-10-7-2)18-15(19-14)12-21-8-3/h11H,6-10,12H2,1-5H3,(H2,17,18,19,20). The van der Waals surface area contributed by atoms with Crippen molar-refractivity contribution in [1.82, 2.24) is 9.97 Å². The molecule has 0 bridgehead atoms. The van der Waals surface area contributed by atoms with Gasteiger partial charge in [-0.2, -0.15) is 0 Å². The van der Waals surface area contributed by atoms with Gasteiger partial charge < -0.3 is 15.4 Å². The van der Waals surface area contributed by atoms with Crippen molar-refractivity contribution in [2.24, 2.45) is 0 Å². The Kier molecular flexibility index (Phi) is 7.43. The number of hydrogen-bond donors (Lipinski definition) is 2. The molecule has 0 unspecified atom stereocenters. The SMILES string of the molecule is CCCNc1cc(NC(C)(C)CCC)nc(COCC)n1. The molecular weight excluding hydrogens is 264 g/mol. The quantitative estimate of drug-likeness (QED) is 0.687. The van der Waals surface area contributed by atoms with Crippen LogP contribution in [0.2, 0.25) is 0 Å². The summed E-state index contributed by atoms with van der Waals surface area (Å²) in [4.78, 5) is 9.06. The van der Waals surface area contributed by atoms with Gasteiger partial charge in [-0.25, -0.2) is 9.97 Å². The van der Waals surface area contributed by atoms with E-state index in [1.807, 2.05) is 13.0 Å². The minimum atomic E-state index is 0.0218. The molecule has 0 amide bonds. The van der Waals surface area contributed by atoms with Crippen molar-refractivity contribution in [3.8, 4) is 0 Å². The Bertz CT molecular complexity index is 394. The summed E-state index contributed by atoms with van der Waals surface area (Å²) in [5.41, 5.74) is 0.0218. The molecule has 5 nitrogen and oxygen atoms in total. The molecular formula is C16H30N4O. The number of ether oxygens (including phenoxy) is 1. The smallest absolute Gasteiger partial charge is 0.158 e. The fourth-order valence-electron chi connectivity index (χ4n) is 2.20. The molecule has 2 N–H and O–H groups in total. The number of nitrogens with one attached hydrogen (secondary N) is 2. The van der Waals surface area contributed by atoms with E-state index in [4.69, 9.17) is 4.74 Å². The van der Waals surface area contributed by atoms with Crippen LogP contribution in [-0.4, -0.2) is 28.7 Å². The first-order valence-corrected chi connectivity index (χ1v) is 7.98. The van der Waals surface area contributed by atoms with Gasteiger partial charge in [-0.05, 0) is 33.6 Å². The monoisotopic (exact) mass is 294 g/mol. The summed E-state index contributed by atoms with van der Waals surface area (Å²) in [6.07, 6.45) is 3.29. The lowest BCUT2D eigenvalue weighted by atomic mass is 9.99. The molecule has 0 saturated carbocycles. The molecule has 0 aromatic carbocycles. The Hall–Kier alpha value is -1.36. The molecule has 0 fully saturated rings. The third-order valence-electron chi connectivity index (χ3n) is 3.11. The first-order valence-electron chi connectivity index (χ1n) is 7.98. The first-order chi connectivity index (χ1) is 10.0. The van der Waals surface area contributed by atoms with E-state index in [0.29, 0.717) is 19.0 Å². The molecule has 0 atom stereocenters. The highest BCUT2D eigenvalue weighted by molar-refractivity contribution is 5.48. The lowest BCUT2D eigenvalue weighted by molar-refractivity contribution is 0.128. The number of hydrogen-bond acceptors (Lipinski definition) is 5. The molecule has 0 radical (unpaired) electrons. The molecule has 1 heterocycles. The van der Waals surface area contributed by atoms with Gasteiger partial charge in [0.2, 0.25) is 0 Å². The van der Waals surface area contributed by atoms with Gasteiger partial charge in [0.1, 0.15) is 18.2 Å². The molecule has 1 aromatic rings. The van der Waals surface area contributed by atoms with Gasteiger partial charge in [0, 0.05) is 24.8 Å². The molecule has 0 aliphatic rings. The van der Waals surface area contributed by atoms with Crippen molar-refractivity contribution in [2.45, 2.75) is 66.0 Å². The Morgan fingerprint density at radius 3 is 2.43 bits per heavy atom. The lowest BCUT2D eigenvalue weighted by Crippen LogP contribution is -2.31. The summed E-state index contributed by atoms with van der Waals surface area (Å²) < 4.78 is 5.43. The average Bonchev–Trinajstić information content (AvgIpc) is 2.42. The minimum absolute atomic E-state index is 0.0218. The van der Waals surface area contributed by atoms with Crippen molar-refractivity contribution in [1.29, 1.82) is 0 Å². The zero-order chi connectivity index (χ0) is 15.7. The zero-order valence-corrected chi connectivity index (χ0v) is 14.1. The van der Waals surface area contributed by atoms with E-state index in [-0.39, 0.29) is 5.54 Å². The highest BCUT2D eigenvalue weighted by Gasteiger charge is 2.17. The fourth-order valence-corrected chi connectivity index (χ4v) is 2.20. The van der Waals surface area contributed by atoms with Crippen LogP contribution < -0.4 is 10.6 Å². The summed E-state index contributed by atoms with van der Waals surface area (Å²) in [7, 11) is 0. The Balaban J connectivity index is 2.89. The predicted octanol–water partition coefficient (Wildman–Crippen LogP) is 3.83. The van der Waals surface area contributed by atoms with Crippen molar-refractivity contribution < 1.29 is 4.74 Å². The maximum Gasteiger partial charge on any atom is 0.158 e. The number of anilines is 2. The summed E-state index contributed by atoms with van der Waals surface area (Å²) in [6.45, 7) is 12.7. The molecule has 5 heteroatoms. The molecule has 1 aromatic heterocycles. The molecule has 1 rings (SSSR count). The largest absolute Gasteiger partial charge is 0.374 e. The second kappa shape index (κ2) is 8.82. The third kappa shape index (κ3) is 6.76. The molecule has 120 valence electrons. The van der Waals surface area contributed by atoms with E-state index >= 15 is 0 Å². The Morgan fingerprint density at radius 2 is 1.81 bits per heavy atom. The van der Waals surface area contributed by atoms with Gasteiger partial charge in [-0.15, -0.1) is 0 Å². The van der Waals surface area contributed by atoms with Gasteiger partial charge in [-0.1, -0.05) is 20.3 Å². The van der Waals surface area contributed by atoms with Gasteiger partial charge in [-0.3, -0.25) is 0 Å². The van der Waals surface area contributed by atoms with Crippen LogP contribution in [0, 0.1) is 0 Å². The van der Waals surface area contributed by atoms with Crippen LogP contribution in [-0.2, 0) is 11.3 Å². The summed E-state index contributed by atoms with van der Waals surface area (Å²) in [5, 5.41) is 6.83. The third-order valence-corrected chi connectivity index (χ3v) is 3.11. The van der Waals surface area contributed by atoms with E-state index in [0.717, 1.165) is 37.4 Å². The molecule has 0 aliphatic carbocycles. The number of aromatic nitrogens is 2. The second-order valence-electron chi connectivity index (χ2n) is 5.88. The van der Waals surface area contributed by atoms with E-state index in [1.54, 1.807) is 0 Å². The van der Waals surface area contributed by atoms with Crippen molar-refractivity contribution in [2.75, 3.05) is 23.8 Å². The highest BCUT2D eigenvalue weighted by Crippen LogP contribution is 2.20. The van der Waals surface area contributed by atoms with Crippen molar-refractivity contribution in [3.05, 3.63) is 11.9 Å². The topological polar surface area (TPSA) is 59.1 Å². The van der Waals surface area contributed by atoms with E-state index < -0.39 is 0 Å². The van der Waals surface area contributed by atoms with Crippen LogP contribution in [0.3, 0.4) is 0 Å². The molecule has 0 saturated heterocycles. The van der Waals surface area contributed by atoms with Crippen molar-refractivity contribution in [3.63, 3.8) is 0 Å². The van der Waals surface area contributed by atoms with Crippen LogP contribution in [0.25, 0.3) is 0 Å². The number of rotatable bonds is 10. The summed E-state index contributed by atoms with van der Waals surface area (Å²) in [5.74, 6) is 2.43. The molecule has 0 aliphatic heterocycles. The van der Waals surface area contributed by atoms with E-state index in [1.165, 1.54) is 0 Å². The van der Waals surface area contributed by atoms with Crippen LogP contribution in [0.5, 0.6) is 0 Å². The molecule has 21 heavy (non-hydrogen) atoms. The van der Waals surface area contributed by atoms with Gasteiger partial charge in [0.15, 0.2) is 5.82 Å². The van der Waals surface area contributed by atoms with Gasteiger partial charge in [0.25, 0.3) is 0 Å². The first kappa shape index (κ1) is 17.7. The van der Waals surface area contributed by atoms with E-state index in [9.17, 15) is 0 Å². The van der Waals surface area contributed by atoms with Crippen LogP contribution in [0.4, 0.5) is 11.6 Å². The fraction of sp³-hybridized carbons (Fsp3) is 0.750. The maximum absolute atomic E-state index is 5.43. The molecule has 0 spiro atoms. The zero-order valence-electron chi connectivity index (χ0n) is 14.1. The van der Waals surface area contributed by atoms with Crippen molar-refractivity contribution >= 4 is 11.6 Å². The van der Waals surface area contributed by atoms with Crippen LogP contribution in [0.15, 0.2) is 6.07 Å². The normalized spacial score (nSPS) is 11.5.